The molecule has 0 aromatic heterocycles. The second kappa shape index (κ2) is 12.0. The van der Waals surface area contributed by atoms with Crippen LogP contribution in [0.25, 0.3) is 0 Å². The molecule has 0 radical (unpaired) electrons. The SMILES string of the molecule is O=C(O)CCOCCOCCOC(c1ccccc1)(c1ccccc1)c1ccccc1. The van der Waals surface area contributed by atoms with Crippen LogP contribution in [-0.4, -0.2) is 44.1 Å². The van der Waals surface area contributed by atoms with Crippen molar-refractivity contribution in [3.63, 3.8) is 0 Å². The quantitative estimate of drug-likeness (QED) is 0.326. The van der Waals surface area contributed by atoms with Crippen LogP contribution >= 0.6 is 0 Å². The van der Waals surface area contributed by atoms with Gasteiger partial charge in [0.15, 0.2) is 0 Å². The van der Waals surface area contributed by atoms with Crippen LogP contribution in [0.5, 0.6) is 0 Å². The lowest BCUT2D eigenvalue weighted by atomic mass is 9.80. The highest BCUT2D eigenvalue weighted by Crippen LogP contribution is 2.40. The number of ether oxygens (including phenoxy) is 3. The van der Waals surface area contributed by atoms with Crippen molar-refractivity contribution >= 4 is 5.97 Å². The first kappa shape index (κ1) is 22.7. The van der Waals surface area contributed by atoms with Crippen molar-refractivity contribution in [1.29, 1.82) is 0 Å². The fraction of sp³-hybridized carbons (Fsp3) is 0.269. The van der Waals surface area contributed by atoms with Crippen LogP contribution in [0.1, 0.15) is 23.1 Å². The number of aliphatic carboxylic acids is 1. The molecule has 0 bridgehead atoms. The molecule has 0 saturated carbocycles. The largest absolute Gasteiger partial charge is 0.481 e. The van der Waals surface area contributed by atoms with E-state index in [1.807, 2.05) is 54.6 Å². The van der Waals surface area contributed by atoms with Crippen molar-refractivity contribution in [2.24, 2.45) is 0 Å². The molecule has 5 nitrogen and oxygen atoms in total. The number of carboxylic acids is 1. The van der Waals surface area contributed by atoms with Crippen molar-refractivity contribution in [1.82, 2.24) is 0 Å². The second-order valence-corrected chi connectivity index (χ2v) is 7.00. The van der Waals surface area contributed by atoms with Gasteiger partial charge in [0.25, 0.3) is 0 Å². The number of rotatable bonds is 13. The van der Waals surface area contributed by atoms with Crippen molar-refractivity contribution < 1.29 is 24.1 Å². The first-order valence-corrected chi connectivity index (χ1v) is 10.4. The zero-order valence-corrected chi connectivity index (χ0v) is 17.5. The maximum absolute atomic E-state index is 10.5. The summed E-state index contributed by atoms with van der Waals surface area (Å²) in [5.74, 6) is -0.867. The van der Waals surface area contributed by atoms with Crippen LogP contribution in [0.15, 0.2) is 91.0 Å². The van der Waals surface area contributed by atoms with Crippen LogP contribution < -0.4 is 0 Å². The molecule has 3 aromatic carbocycles. The van der Waals surface area contributed by atoms with Gasteiger partial charge in [-0.2, -0.15) is 0 Å². The van der Waals surface area contributed by atoms with Crippen molar-refractivity contribution in [2.75, 3.05) is 33.0 Å². The molecule has 1 N–H and O–H groups in total. The molecule has 3 aromatic rings. The molecule has 0 saturated heterocycles. The minimum Gasteiger partial charge on any atom is -0.481 e. The molecular formula is C26H28O5. The van der Waals surface area contributed by atoms with E-state index in [1.54, 1.807) is 0 Å². The first-order valence-electron chi connectivity index (χ1n) is 10.4. The molecule has 0 aliphatic rings. The minimum atomic E-state index is -0.867. The predicted octanol–water partition coefficient (Wildman–Crippen LogP) is 4.50. The Kier molecular flexibility index (Phi) is 8.79. The van der Waals surface area contributed by atoms with Gasteiger partial charge in [0, 0.05) is 0 Å². The molecule has 162 valence electrons. The summed E-state index contributed by atoms with van der Waals surface area (Å²) in [4.78, 5) is 10.5. The number of benzene rings is 3. The average molecular weight is 421 g/mol. The number of carbonyl (C=O) groups is 1. The molecule has 0 atom stereocenters. The van der Waals surface area contributed by atoms with Crippen LogP contribution in [0.2, 0.25) is 0 Å². The summed E-state index contributed by atoms with van der Waals surface area (Å²) in [7, 11) is 0. The van der Waals surface area contributed by atoms with Crippen LogP contribution in [0.3, 0.4) is 0 Å². The third kappa shape index (κ3) is 6.25. The summed E-state index contributed by atoms with van der Waals surface area (Å²) in [6, 6.07) is 30.6. The van der Waals surface area contributed by atoms with Gasteiger partial charge in [0.2, 0.25) is 0 Å². The van der Waals surface area contributed by atoms with Crippen molar-refractivity contribution in [2.45, 2.75) is 12.0 Å². The Hall–Kier alpha value is -2.99. The average Bonchev–Trinajstić information content (AvgIpc) is 2.82. The molecule has 0 fully saturated rings. The van der Waals surface area contributed by atoms with E-state index in [0.717, 1.165) is 16.7 Å². The van der Waals surface area contributed by atoms with E-state index in [0.29, 0.717) is 26.4 Å². The number of hydrogen-bond acceptors (Lipinski definition) is 4. The molecule has 0 aliphatic heterocycles. The molecular weight excluding hydrogens is 392 g/mol. The van der Waals surface area contributed by atoms with Gasteiger partial charge in [-0.15, -0.1) is 0 Å². The lowest BCUT2D eigenvalue weighted by molar-refractivity contribution is -0.138. The minimum absolute atomic E-state index is 0.00312. The van der Waals surface area contributed by atoms with E-state index >= 15 is 0 Å². The lowest BCUT2D eigenvalue weighted by Crippen LogP contribution is -2.34. The van der Waals surface area contributed by atoms with Gasteiger partial charge < -0.3 is 19.3 Å². The Balaban J connectivity index is 1.72. The highest BCUT2D eigenvalue weighted by Gasteiger charge is 2.37. The maximum atomic E-state index is 10.5. The van der Waals surface area contributed by atoms with E-state index < -0.39 is 11.6 Å². The molecule has 0 amide bonds. The lowest BCUT2D eigenvalue weighted by Gasteiger charge is -2.36. The third-order valence-electron chi connectivity index (χ3n) is 4.92. The Morgan fingerprint density at radius 3 is 1.42 bits per heavy atom. The molecule has 0 aliphatic carbocycles. The van der Waals surface area contributed by atoms with E-state index in [-0.39, 0.29) is 13.0 Å². The molecule has 0 heterocycles. The zero-order chi connectivity index (χ0) is 21.8. The zero-order valence-electron chi connectivity index (χ0n) is 17.5. The van der Waals surface area contributed by atoms with Gasteiger partial charge in [0.1, 0.15) is 5.60 Å². The topological polar surface area (TPSA) is 65.0 Å². The van der Waals surface area contributed by atoms with E-state index in [4.69, 9.17) is 19.3 Å². The summed E-state index contributed by atoms with van der Waals surface area (Å²) in [5, 5.41) is 8.62. The van der Waals surface area contributed by atoms with Crippen LogP contribution in [0, 0.1) is 0 Å². The number of carboxylic acid groups (broad SMARTS) is 1. The summed E-state index contributed by atoms with van der Waals surface area (Å²) >= 11 is 0. The van der Waals surface area contributed by atoms with Crippen LogP contribution in [-0.2, 0) is 24.6 Å². The van der Waals surface area contributed by atoms with E-state index in [9.17, 15) is 4.79 Å². The molecule has 31 heavy (non-hydrogen) atoms. The highest BCUT2D eigenvalue weighted by atomic mass is 16.6. The van der Waals surface area contributed by atoms with Gasteiger partial charge in [-0.1, -0.05) is 91.0 Å². The molecule has 5 heteroatoms. The Morgan fingerprint density at radius 2 is 1.00 bits per heavy atom. The third-order valence-corrected chi connectivity index (χ3v) is 4.92. The Labute approximate surface area is 183 Å². The smallest absolute Gasteiger partial charge is 0.305 e. The monoisotopic (exact) mass is 420 g/mol. The van der Waals surface area contributed by atoms with E-state index in [1.165, 1.54) is 0 Å². The summed E-state index contributed by atoms with van der Waals surface area (Å²) < 4.78 is 17.5. The first-order chi connectivity index (χ1) is 15.2. The molecule has 0 spiro atoms. The fourth-order valence-corrected chi connectivity index (χ4v) is 3.50. The standard InChI is InChI=1S/C26H28O5/c27-25(28)16-17-29-18-19-30-20-21-31-26(22-10-4-1-5-11-22,23-12-6-2-7-13-23)24-14-8-3-9-15-24/h1-15H,16-21H2,(H,27,28). The van der Waals surface area contributed by atoms with Gasteiger partial charge >= 0.3 is 5.97 Å². The van der Waals surface area contributed by atoms with Crippen molar-refractivity contribution in [3.05, 3.63) is 108 Å². The fourth-order valence-electron chi connectivity index (χ4n) is 3.50. The second-order valence-electron chi connectivity index (χ2n) is 7.00. The van der Waals surface area contributed by atoms with Gasteiger partial charge in [-0.3, -0.25) is 4.79 Å². The summed E-state index contributed by atoms with van der Waals surface area (Å²) in [6.07, 6.45) is -0.00312. The molecule has 3 rings (SSSR count). The van der Waals surface area contributed by atoms with Crippen LogP contribution in [0.4, 0.5) is 0 Å². The van der Waals surface area contributed by atoms with Gasteiger partial charge in [0.05, 0.1) is 39.5 Å². The Morgan fingerprint density at radius 1 is 0.613 bits per heavy atom. The van der Waals surface area contributed by atoms with Gasteiger partial charge in [-0.05, 0) is 16.7 Å². The predicted molar refractivity (Wildman–Crippen MR) is 119 cm³/mol. The highest BCUT2D eigenvalue weighted by molar-refractivity contribution is 5.66. The van der Waals surface area contributed by atoms with E-state index in [2.05, 4.69) is 36.4 Å². The molecule has 0 unspecified atom stereocenters. The normalized spacial score (nSPS) is 11.4. The van der Waals surface area contributed by atoms with Gasteiger partial charge in [-0.25, -0.2) is 0 Å². The Bertz CT molecular complexity index is 800. The van der Waals surface area contributed by atoms with Crippen molar-refractivity contribution in [3.8, 4) is 0 Å². The summed E-state index contributed by atoms with van der Waals surface area (Å²) in [5.41, 5.74) is 2.38. The maximum Gasteiger partial charge on any atom is 0.305 e. The number of hydrogen-bond donors (Lipinski definition) is 1. The summed E-state index contributed by atoms with van der Waals surface area (Å²) in [6.45, 7) is 1.71.